The first kappa shape index (κ1) is 32.9. The lowest BCUT2D eigenvalue weighted by Crippen LogP contribution is -2.50. The summed E-state index contributed by atoms with van der Waals surface area (Å²) in [6.07, 6.45) is -1.67. The Balaban J connectivity index is 1.96. The first-order valence-corrected chi connectivity index (χ1v) is 19.7. The van der Waals surface area contributed by atoms with Gasteiger partial charge in [0.25, 0.3) is 12.4 Å². The summed E-state index contributed by atoms with van der Waals surface area (Å²) in [5, 5.41) is 2.46. The molecule has 1 aliphatic rings. The number of nitrogens with one attached hydrogen (secondary N) is 1. The van der Waals surface area contributed by atoms with Crippen LogP contribution in [-0.4, -0.2) is 63.5 Å². The SMILES string of the molecule is CC(C)(C)[Si](C)(C)OCC1OC(n2ccc(NC(=O)c3ccccc3)nc2=O)C(O[Si](C)(C)C(C)(C)C)C1OC=O. The van der Waals surface area contributed by atoms with Gasteiger partial charge < -0.3 is 23.6 Å². The lowest BCUT2D eigenvalue weighted by atomic mass is 10.1. The fourth-order valence-corrected chi connectivity index (χ4v) is 6.20. The molecule has 1 N–H and O–H groups in total. The minimum Gasteiger partial charge on any atom is -0.459 e. The number of carbonyl (C=O) groups excluding carboxylic acids is 2. The smallest absolute Gasteiger partial charge is 0.351 e. The first-order chi connectivity index (χ1) is 18.9. The second-order valence-corrected chi connectivity index (χ2v) is 23.1. The van der Waals surface area contributed by atoms with E-state index in [0.717, 1.165) is 0 Å². The predicted octanol–water partition coefficient (Wildman–Crippen LogP) is 5.35. The van der Waals surface area contributed by atoms with Gasteiger partial charge in [0.05, 0.1) is 6.61 Å². The number of hydrogen-bond acceptors (Lipinski definition) is 8. The van der Waals surface area contributed by atoms with Gasteiger partial charge in [-0.3, -0.25) is 14.2 Å². The van der Waals surface area contributed by atoms with Crippen molar-refractivity contribution in [2.75, 3.05) is 11.9 Å². The van der Waals surface area contributed by atoms with Gasteiger partial charge in [0.1, 0.15) is 18.0 Å². The second kappa shape index (κ2) is 12.3. The number of carbonyl (C=O) groups is 2. The van der Waals surface area contributed by atoms with E-state index in [1.807, 2.05) is 6.07 Å². The van der Waals surface area contributed by atoms with Crippen LogP contribution in [0.4, 0.5) is 5.82 Å². The summed E-state index contributed by atoms with van der Waals surface area (Å²) in [5.74, 6) is -0.271. The zero-order valence-corrected chi connectivity index (χ0v) is 27.9. The number of amides is 1. The third-order valence-electron chi connectivity index (χ3n) is 8.53. The molecule has 0 radical (unpaired) electrons. The third-order valence-corrected chi connectivity index (χ3v) is 17.5. The maximum absolute atomic E-state index is 13.3. The van der Waals surface area contributed by atoms with Gasteiger partial charge >= 0.3 is 5.69 Å². The fraction of sp³-hybridized carbons (Fsp3) is 0.586. The summed E-state index contributed by atoms with van der Waals surface area (Å²) < 4.78 is 26.5. The van der Waals surface area contributed by atoms with Crippen molar-refractivity contribution in [1.82, 2.24) is 9.55 Å². The summed E-state index contributed by atoms with van der Waals surface area (Å²) in [6.45, 7) is 21.8. The van der Waals surface area contributed by atoms with Crippen LogP contribution >= 0.6 is 0 Å². The van der Waals surface area contributed by atoms with Crippen molar-refractivity contribution in [3.05, 3.63) is 58.6 Å². The Morgan fingerprint density at radius 1 is 1.00 bits per heavy atom. The molecule has 1 saturated heterocycles. The van der Waals surface area contributed by atoms with Crippen molar-refractivity contribution >= 4 is 34.8 Å². The molecule has 0 saturated carbocycles. The Bertz CT molecular complexity index is 1270. The van der Waals surface area contributed by atoms with E-state index in [1.165, 1.54) is 16.8 Å². The monoisotopic (exact) mass is 603 g/mol. The van der Waals surface area contributed by atoms with Crippen LogP contribution in [-0.2, 0) is 23.1 Å². The van der Waals surface area contributed by atoms with Gasteiger partial charge in [0, 0.05) is 11.8 Å². The highest BCUT2D eigenvalue weighted by atomic mass is 28.4. The van der Waals surface area contributed by atoms with Gasteiger partial charge in [0.2, 0.25) is 0 Å². The second-order valence-electron chi connectivity index (χ2n) is 13.5. The van der Waals surface area contributed by atoms with Gasteiger partial charge in [-0.15, -0.1) is 0 Å². The molecule has 4 atom stereocenters. The number of anilines is 1. The largest absolute Gasteiger partial charge is 0.459 e. The van der Waals surface area contributed by atoms with E-state index in [0.29, 0.717) is 12.0 Å². The Morgan fingerprint density at radius 2 is 1.61 bits per heavy atom. The summed E-state index contributed by atoms with van der Waals surface area (Å²) in [7, 11) is -4.59. The minimum absolute atomic E-state index is 0.0378. The number of hydrogen-bond donors (Lipinski definition) is 1. The van der Waals surface area contributed by atoms with Crippen LogP contribution in [0.15, 0.2) is 47.4 Å². The molecule has 12 heteroatoms. The van der Waals surface area contributed by atoms with E-state index in [2.05, 4.69) is 78.0 Å². The molecule has 1 aliphatic heterocycles. The molecule has 2 heterocycles. The van der Waals surface area contributed by atoms with Crippen LogP contribution in [0.3, 0.4) is 0 Å². The summed E-state index contributed by atoms with van der Waals surface area (Å²) in [4.78, 5) is 41.7. The van der Waals surface area contributed by atoms with Crippen LogP contribution < -0.4 is 11.0 Å². The Kier molecular flexibility index (Phi) is 9.86. The number of ether oxygens (including phenoxy) is 2. The minimum atomic E-state index is -2.42. The van der Waals surface area contributed by atoms with Crippen LogP contribution in [0.5, 0.6) is 0 Å². The zero-order valence-electron chi connectivity index (χ0n) is 25.9. The predicted molar refractivity (Wildman–Crippen MR) is 163 cm³/mol. The maximum Gasteiger partial charge on any atom is 0.351 e. The highest BCUT2D eigenvalue weighted by Gasteiger charge is 2.53. The van der Waals surface area contributed by atoms with Crippen LogP contribution in [0.1, 0.15) is 58.1 Å². The Labute approximate surface area is 245 Å². The molecule has 1 aromatic heterocycles. The van der Waals surface area contributed by atoms with E-state index < -0.39 is 46.9 Å². The number of aromatic nitrogens is 2. The molecule has 226 valence electrons. The van der Waals surface area contributed by atoms with Crippen molar-refractivity contribution in [1.29, 1.82) is 0 Å². The highest BCUT2D eigenvalue weighted by molar-refractivity contribution is 6.74. The molecule has 2 aromatic rings. The van der Waals surface area contributed by atoms with Crippen molar-refractivity contribution < 1.29 is 27.9 Å². The van der Waals surface area contributed by atoms with Gasteiger partial charge in [-0.1, -0.05) is 59.7 Å². The molecule has 41 heavy (non-hydrogen) atoms. The van der Waals surface area contributed by atoms with Gasteiger partial charge in [-0.05, 0) is 54.5 Å². The van der Waals surface area contributed by atoms with Gasteiger partial charge in [-0.25, -0.2) is 4.79 Å². The highest BCUT2D eigenvalue weighted by Crippen LogP contribution is 2.43. The normalized spacial score (nSPS) is 21.9. The zero-order chi connectivity index (χ0) is 30.8. The molecule has 3 rings (SSSR count). The van der Waals surface area contributed by atoms with E-state index in [-0.39, 0.29) is 28.4 Å². The van der Waals surface area contributed by atoms with Crippen molar-refractivity contribution in [3.8, 4) is 0 Å². The molecule has 10 nitrogen and oxygen atoms in total. The van der Waals surface area contributed by atoms with Crippen molar-refractivity contribution in [2.45, 2.75) is 102 Å². The molecular weight excluding hydrogens is 559 g/mol. The average Bonchev–Trinajstić information content (AvgIpc) is 3.18. The molecule has 0 aliphatic carbocycles. The topological polar surface area (TPSA) is 118 Å². The van der Waals surface area contributed by atoms with Crippen LogP contribution in [0, 0.1) is 0 Å². The molecular formula is C29H45N3O7Si2. The maximum atomic E-state index is 13.3. The average molecular weight is 604 g/mol. The fourth-order valence-electron chi connectivity index (χ4n) is 3.90. The lowest BCUT2D eigenvalue weighted by molar-refractivity contribution is -0.140. The summed E-state index contributed by atoms with van der Waals surface area (Å²) in [5.41, 5.74) is -0.195. The summed E-state index contributed by atoms with van der Waals surface area (Å²) >= 11 is 0. The summed E-state index contributed by atoms with van der Waals surface area (Å²) in [6, 6.07) is 10.2. The standard InChI is InChI=1S/C29H45N3O7Si2/c1-28(2,3)40(7,8)37-18-21-23(36-19-33)24(39-41(9,10)29(4,5)6)26(38-21)32-17-16-22(31-27(32)35)30-25(34)20-14-12-11-13-15-20/h11-17,19,21,23-24,26H,18H2,1-10H3,(H,30,31,34,35). The van der Waals surface area contributed by atoms with Crippen molar-refractivity contribution in [3.63, 3.8) is 0 Å². The Hall–Kier alpha value is -2.65. The molecule has 4 unspecified atom stereocenters. The van der Waals surface area contributed by atoms with E-state index in [1.54, 1.807) is 24.3 Å². The molecule has 0 spiro atoms. The third kappa shape index (κ3) is 7.60. The van der Waals surface area contributed by atoms with Crippen molar-refractivity contribution in [2.24, 2.45) is 0 Å². The van der Waals surface area contributed by atoms with E-state index in [9.17, 15) is 14.4 Å². The lowest BCUT2D eigenvalue weighted by Gasteiger charge is -2.40. The molecule has 1 fully saturated rings. The molecule has 1 amide bonds. The Morgan fingerprint density at radius 3 is 2.15 bits per heavy atom. The number of nitrogens with zero attached hydrogens (tertiary/aromatic N) is 2. The van der Waals surface area contributed by atoms with Crippen LogP contribution in [0.2, 0.25) is 36.3 Å². The van der Waals surface area contributed by atoms with Gasteiger partial charge in [0.15, 0.2) is 29.0 Å². The quantitative estimate of drug-likeness (QED) is 0.285. The molecule has 1 aromatic carbocycles. The van der Waals surface area contributed by atoms with Gasteiger partial charge in [-0.2, -0.15) is 4.98 Å². The molecule has 0 bridgehead atoms. The number of benzene rings is 1. The van der Waals surface area contributed by atoms with E-state index in [4.69, 9.17) is 18.3 Å². The van der Waals surface area contributed by atoms with Crippen LogP contribution in [0.25, 0.3) is 0 Å². The number of rotatable bonds is 10. The van der Waals surface area contributed by atoms with E-state index >= 15 is 0 Å². The first-order valence-electron chi connectivity index (χ1n) is 13.9.